The summed E-state index contributed by atoms with van der Waals surface area (Å²) in [4.78, 5) is 14.9. The summed E-state index contributed by atoms with van der Waals surface area (Å²) < 4.78 is 28.6. The lowest BCUT2D eigenvalue weighted by molar-refractivity contribution is -0.0475. The fourth-order valence-electron chi connectivity index (χ4n) is 1.75. The Hall–Kier alpha value is -1.15. The van der Waals surface area contributed by atoms with Gasteiger partial charge in [0.1, 0.15) is 11.9 Å². The maximum atomic E-state index is 13.8. The van der Waals surface area contributed by atoms with E-state index >= 15 is 0 Å². The number of rotatable bonds is 2. The van der Waals surface area contributed by atoms with Crippen LogP contribution in [0.3, 0.4) is 0 Å². The molecule has 0 aliphatic carbocycles. The molecule has 5 nitrogen and oxygen atoms in total. The third kappa shape index (κ3) is 2.02. The molecule has 0 aromatic carbocycles. The summed E-state index contributed by atoms with van der Waals surface area (Å²) in [6.07, 6.45) is 1.21. The number of thioether (sulfide) groups is 1. The highest BCUT2D eigenvalue weighted by atomic mass is 32.2. The summed E-state index contributed by atoms with van der Waals surface area (Å²) in [5, 5.41) is 7.67. The third-order valence-electron chi connectivity index (χ3n) is 2.68. The van der Waals surface area contributed by atoms with Crippen molar-refractivity contribution in [3.63, 3.8) is 0 Å². The lowest BCUT2D eigenvalue weighted by atomic mass is 10.1. The molecule has 1 aliphatic heterocycles. The zero-order chi connectivity index (χ0) is 12.6. The van der Waals surface area contributed by atoms with Crippen molar-refractivity contribution < 1.29 is 13.9 Å². The van der Waals surface area contributed by atoms with Gasteiger partial charge in [0, 0.05) is 11.9 Å². The normalized spacial score (nSPS) is 27.2. The monoisotopic (exact) mass is 263 g/mol. The minimum absolute atomic E-state index is 0.000996. The van der Waals surface area contributed by atoms with E-state index in [0.29, 0.717) is 0 Å². The van der Waals surface area contributed by atoms with Gasteiger partial charge in [-0.2, -0.15) is 4.98 Å². The molecule has 2 atom stereocenters. The van der Waals surface area contributed by atoms with Crippen LogP contribution in [0.4, 0.5) is 14.6 Å². The second-order valence-corrected chi connectivity index (χ2v) is 4.97. The summed E-state index contributed by atoms with van der Waals surface area (Å²) in [7, 11) is 0. The van der Waals surface area contributed by atoms with Gasteiger partial charge < -0.3 is 10.8 Å². The zero-order valence-electron chi connectivity index (χ0n) is 8.72. The topological polar surface area (TPSA) is 81.1 Å². The van der Waals surface area contributed by atoms with Gasteiger partial charge in [-0.05, 0) is 6.07 Å². The molecular formula is C9H11F2N3O2S. The number of aliphatic hydroxyl groups excluding tert-OH is 1. The van der Waals surface area contributed by atoms with Crippen LogP contribution < -0.4 is 11.4 Å². The molecule has 8 heteroatoms. The van der Waals surface area contributed by atoms with Crippen LogP contribution in [0.1, 0.15) is 6.04 Å². The molecule has 17 heavy (non-hydrogen) atoms. The molecule has 1 saturated heterocycles. The highest BCUT2D eigenvalue weighted by Gasteiger charge is 2.53. The first kappa shape index (κ1) is 12.3. The second kappa shape index (κ2) is 4.26. The maximum absolute atomic E-state index is 13.8. The molecule has 1 aromatic heterocycles. The van der Waals surface area contributed by atoms with Gasteiger partial charge in [-0.1, -0.05) is 0 Å². The minimum atomic E-state index is -3.14. The van der Waals surface area contributed by atoms with Gasteiger partial charge in [-0.15, -0.1) is 11.8 Å². The number of hydrogen-bond donors (Lipinski definition) is 2. The van der Waals surface area contributed by atoms with Gasteiger partial charge in [0.25, 0.3) is 5.92 Å². The second-order valence-electron chi connectivity index (χ2n) is 3.74. The molecule has 0 unspecified atom stereocenters. The zero-order valence-corrected chi connectivity index (χ0v) is 9.53. The quantitative estimate of drug-likeness (QED) is 0.791. The molecule has 2 rings (SSSR count). The summed E-state index contributed by atoms with van der Waals surface area (Å²) >= 11 is 0.946. The highest BCUT2D eigenvalue weighted by Crippen LogP contribution is 2.46. The van der Waals surface area contributed by atoms with Crippen LogP contribution in [-0.4, -0.2) is 38.2 Å². The first-order chi connectivity index (χ1) is 7.96. The Morgan fingerprint density at radius 1 is 1.71 bits per heavy atom. The standard InChI is InChI=1S/C9H11F2N3O2S/c10-9(11)5(4-17-6(9)3-15)14-2-1-7(12)13-8(14)16/h1-2,5-6,15H,3-4H2,(H2,12,13,16)/t5-,6+/m0/s1. The van der Waals surface area contributed by atoms with Crippen LogP contribution in [0.15, 0.2) is 17.1 Å². The Balaban J connectivity index is 2.38. The van der Waals surface area contributed by atoms with E-state index in [9.17, 15) is 13.6 Å². The average Bonchev–Trinajstić information content (AvgIpc) is 2.54. The van der Waals surface area contributed by atoms with E-state index in [1.54, 1.807) is 0 Å². The predicted molar refractivity (Wildman–Crippen MR) is 60.2 cm³/mol. The summed E-state index contributed by atoms with van der Waals surface area (Å²) in [5.74, 6) is -3.08. The van der Waals surface area contributed by atoms with E-state index in [1.165, 1.54) is 12.3 Å². The van der Waals surface area contributed by atoms with Gasteiger partial charge in [-0.25, -0.2) is 13.6 Å². The van der Waals surface area contributed by atoms with E-state index < -0.39 is 29.5 Å². The molecular weight excluding hydrogens is 252 g/mol. The number of alkyl halides is 2. The first-order valence-corrected chi connectivity index (χ1v) is 5.96. The molecule has 1 aliphatic rings. The Labute approximate surface area is 99.6 Å². The van der Waals surface area contributed by atoms with Crippen LogP contribution in [0.2, 0.25) is 0 Å². The molecule has 0 saturated carbocycles. The number of nitrogen functional groups attached to an aromatic ring is 1. The van der Waals surface area contributed by atoms with Crippen molar-refractivity contribution in [1.29, 1.82) is 0 Å². The number of nitrogens with zero attached hydrogens (tertiary/aromatic N) is 2. The van der Waals surface area contributed by atoms with E-state index in [2.05, 4.69) is 4.98 Å². The van der Waals surface area contributed by atoms with Crippen LogP contribution >= 0.6 is 11.8 Å². The smallest absolute Gasteiger partial charge is 0.349 e. The lowest BCUT2D eigenvalue weighted by Gasteiger charge is -2.23. The fraction of sp³-hybridized carbons (Fsp3) is 0.556. The molecule has 0 amide bonds. The Bertz CT molecular complexity index is 480. The molecule has 0 radical (unpaired) electrons. The SMILES string of the molecule is Nc1ccn([C@H]2CS[C@H](CO)C2(F)F)c(=O)n1. The number of anilines is 1. The number of hydrogen-bond acceptors (Lipinski definition) is 5. The number of halogens is 2. The van der Waals surface area contributed by atoms with Gasteiger partial charge in [0.2, 0.25) is 0 Å². The lowest BCUT2D eigenvalue weighted by Crippen LogP contribution is -2.41. The minimum Gasteiger partial charge on any atom is -0.395 e. The van der Waals surface area contributed by atoms with Crippen molar-refractivity contribution in [2.45, 2.75) is 17.2 Å². The van der Waals surface area contributed by atoms with Crippen LogP contribution in [0.5, 0.6) is 0 Å². The van der Waals surface area contributed by atoms with E-state index in [0.717, 1.165) is 16.3 Å². The molecule has 94 valence electrons. The van der Waals surface area contributed by atoms with Gasteiger partial charge in [-0.3, -0.25) is 4.57 Å². The average molecular weight is 263 g/mol. The third-order valence-corrected chi connectivity index (χ3v) is 4.06. The summed E-state index contributed by atoms with van der Waals surface area (Å²) in [5.41, 5.74) is 4.49. The van der Waals surface area contributed by atoms with Crippen molar-refractivity contribution in [2.24, 2.45) is 0 Å². The van der Waals surface area contributed by atoms with Crippen LogP contribution in [-0.2, 0) is 0 Å². The van der Waals surface area contributed by atoms with Gasteiger partial charge in [0.05, 0.1) is 11.9 Å². The molecule has 3 N–H and O–H groups in total. The Morgan fingerprint density at radius 3 is 2.94 bits per heavy atom. The van der Waals surface area contributed by atoms with Crippen LogP contribution in [0.25, 0.3) is 0 Å². The summed E-state index contributed by atoms with van der Waals surface area (Å²) in [6, 6.07) is 0.0132. The number of aliphatic hydroxyl groups is 1. The van der Waals surface area contributed by atoms with Gasteiger partial charge >= 0.3 is 5.69 Å². The molecule has 0 spiro atoms. The number of aromatic nitrogens is 2. The van der Waals surface area contributed by atoms with Crippen molar-refractivity contribution in [2.75, 3.05) is 18.1 Å². The highest BCUT2D eigenvalue weighted by molar-refractivity contribution is 8.00. The van der Waals surface area contributed by atoms with E-state index in [1.807, 2.05) is 0 Å². The predicted octanol–water partition coefficient (Wildman–Crippen LogP) is 0.110. The van der Waals surface area contributed by atoms with Crippen molar-refractivity contribution >= 4 is 17.6 Å². The first-order valence-electron chi connectivity index (χ1n) is 4.91. The van der Waals surface area contributed by atoms with Gasteiger partial charge in [0.15, 0.2) is 0 Å². The fourth-order valence-corrected chi connectivity index (χ4v) is 3.03. The molecule has 1 aromatic rings. The van der Waals surface area contributed by atoms with Crippen molar-refractivity contribution in [1.82, 2.24) is 9.55 Å². The molecule has 2 heterocycles. The molecule has 1 fully saturated rings. The summed E-state index contributed by atoms with van der Waals surface area (Å²) in [6.45, 7) is -0.620. The largest absolute Gasteiger partial charge is 0.395 e. The van der Waals surface area contributed by atoms with E-state index in [-0.39, 0.29) is 11.6 Å². The van der Waals surface area contributed by atoms with E-state index in [4.69, 9.17) is 10.8 Å². The molecule has 0 bridgehead atoms. The van der Waals surface area contributed by atoms with Crippen LogP contribution in [0, 0.1) is 0 Å². The maximum Gasteiger partial charge on any atom is 0.349 e. The Morgan fingerprint density at radius 2 is 2.41 bits per heavy atom. The Kier molecular flexibility index (Phi) is 3.09. The number of nitrogens with two attached hydrogens (primary N) is 1. The van der Waals surface area contributed by atoms with Crippen molar-refractivity contribution in [3.05, 3.63) is 22.7 Å². The van der Waals surface area contributed by atoms with Crippen molar-refractivity contribution in [3.8, 4) is 0 Å².